The second-order valence-corrected chi connectivity index (χ2v) is 6.03. The van der Waals surface area contributed by atoms with E-state index in [1.54, 1.807) is 10.7 Å². The van der Waals surface area contributed by atoms with Crippen molar-refractivity contribution < 1.29 is 4.79 Å². The molecule has 3 aromatic rings. The third-order valence-electron chi connectivity index (χ3n) is 3.57. The van der Waals surface area contributed by atoms with Gasteiger partial charge in [-0.1, -0.05) is 25.4 Å². The minimum Gasteiger partial charge on any atom is -0.298 e. The maximum absolute atomic E-state index is 11.5. The fraction of sp³-hybridized carbons (Fsp3) is 0.235. The van der Waals surface area contributed by atoms with Crippen LogP contribution in [0.25, 0.3) is 16.7 Å². The summed E-state index contributed by atoms with van der Waals surface area (Å²) in [5, 5.41) is 6.18. The molecule has 0 radical (unpaired) electrons. The van der Waals surface area contributed by atoms with Gasteiger partial charge in [0.1, 0.15) is 0 Å². The molecule has 2 aromatic heterocycles. The van der Waals surface area contributed by atoms with Crippen LogP contribution in [0.2, 0.25) is 5.02 Å². The number of benzene rings is 1. The van der Waals surface area contributed by atoms with E-state index in [1.165, 1.54) is 0 Å². The summed E-state index contributed by atoms with van der Waals surface area (Å²) >= 11 is 5.95. The van der Waals surface area contributed by atoms with E-state index in [-0.39, 0.29) is 5.92 Å². The Balaban J connectivity index is 2.38. The summed E-state index contributed by atoms with van der Waals surface area (Å²) in [7, 11) is 0. The first-order valence-electron chi connectivity index (χ1n) is 7.12. The van der Waals surface area contributed by atoms with Crippen LogP contribution in [0.1, 0.15) is 41.5 Å². The predicted molar refractivity (Wildman–Crippen MR) is 88.1 cm³/mol. The van der Waals surface area contributed by atoms with Crippen molar-refractivity contribution in [2.45, 2.75) is 26.7 Å². The van der Waals surface area contributed by atoms with E-state index < -0.39 is 0 Å². The largest absolute Gasteiger partial charge is 0.298 e. The zero-order valence-corrected chi connectivity index (χ0v) is 13.4. The predicted octanol–water partition coefficient (Wildman–Crippen LogP) is 4.32. The van der Waals surface area contributed by atoms with Gasteiger partial charge in [0.25, 0.3) is 0 Å². The summed E-state index contributed by atoms with van der Waals surface area (Å²) in [5.74, 6) is 0.194. The fourth-order valence-electron chi connectivity index (χ4n) is 2.56. The van der Waals surface area contributed by atoms with Gasteiger partial charge in [0.05, 0.1) is 16.8 Å². The van der Waals surface area contributed by atoms with E-state index in [0.29, 0.717) is 16.2 Å². The lowest BCUT2D eigenvalue weighted by Crippen LogP contribution is -1.99. The highest BCUT2D eigenvalue weighted by Crippen LogP contribution is 2.29. The minimum absolute atomic E-state index is 0.194. The second kappa shape index (κ2) is 5.54. The van der Waals surface area contributed by atoms with Gasteiger partial charge in [-0.3, -0.25) is 4.79 Å². The number of rotatable bonds is 3. The van der Waals surface area contributed by atoms with Crippen molar-refractivity contribution >= 4 is 28.9 Å². The Morgan fingerprint density at radius 2 is 1.91 bits per heavy atom. The van der Waals surface area contributed by atoms with Crippen molar-refractivity contribution in [2.24, 2.45) is 0 Å². The van der Waals surface area contributed by atoms with Gasteiger partial charge < -0.3 is 0 Å². The lowest BCUT2D eigenvalue weighted by atomic mass is 10.0. The second-order valence-electron chi connectivity index (χ2n) is 5.60. The smallest absolute Gasteiger partial charge is 0.164 e. The molecule has 5 heteroatoms. The molecule has 2 heterocycles. The van der Waals surface area contributed by atoms with Crippen LogP contribution in [-0.4, -0.2) is 21.1 Å². The zero-order chi connectivity index (χ0) is 15.9. The van der Waals surface area contributed by atoms with E-state index in [4.69, 9.17) is 16.7 Å². The monoisotopic (exact) mass is 313 g/mol. The molecular weight excluding hydrogens is 298 g/mol. The molecule has 0 aliphatic rings. The Kier molecular flexibility index (Phi) is 3.71. The van der Waals surface area contributed by atoms with Crippen molar-refractivity contribution in [3.63, 3.8) is 0 Å². The molecule has 0 N–H and O–H groups in total. The molecule has 3 rings (SSSR count). The number of carbonyl (C=O) groups is 1. The SMILES string of the molecule is Cc1cc(C=O)c2c(C(C)C)nn(-c3ccc(Cl)cc3)c2n1. The highest BCUT2D eigenvalue weighted by atomic mass is 35.5. The number of fused-ring (bicyclic) bond motifs is 1. The Morgan fingerprint density at radius 1 is 1.23 bits per heavy atom. The van der Waals surface area contributed by atoms with Crippen LogP contribution in [-0.2, 0) is 0 Å². The Morgan fingerprint density at radius 3 is 2.50 bits per heavy atom. The maximum atomic E-state index is 11.5. The number of nitrogens with zero attached hydrogens (tertiary/aromatic N) is 3. The van der Waals surface area contributed by atoms with Crippen molar-refractivity contribution in [1.82, 2.24) is 14.8 Å². The van der Waals surface area contributed by atoms with Gasteiger partial charge in [-0.2, -0.15) is 5.10 Å². The van der Waals surface area contributed by atoms with Crippen LogP contribution in [0.4, 0.5) is 0 Å². The molecule has 0 fully saturated rings. The first-order chi connectivity index (χ1) is 10.5. The molecule has 0 aliphatic heterocycles. The topological polar surface area (TPSA) is 47.8 Å². The lowest BCUT2D eigenvalue weighted by Gasteiger charge is -2.04. The third kappa shape index (κ3) is 2.40. The van der Waals surface area contributed by atoms with E-state index in [1.807, 2.05) is 31.2 Å². The molecule has 0 spiro atoms. The normalized spacial score (nSPS) is 11.3. The van der Waals surface area contributed by atoms with E-state index in [2.05, 4.69) is 18.8 Å². The van der Waals surface area contributed by atoms with Crippen molar-refractivity contribution in [3.8, 4) is 5.69 Å². The van der Waals surface area contributed by atoms with Crippen molar-refractivity contribution in [1.29, 1.82) is 0 Å². The Bertz CT molecular complexity index is 850. The summed E-state index contributed by atoms with van der Waals surface area (Å²) in [4.78, 5) is 16.1. The molecular formula is C17H16ClN3O. The number of halogens is 1. The Hall–Kier alpha value is -2.20. The van der Waals surface area contributed by atoms with Gasteiger partial charge >= 0.3 is 0 Å². The molecule has 1 aromatic carbocycles. The number of pyridine rings is 1. The number of hydrogen-bond acceptors (Lipinski definition) is 3. The molecule has 0 unspecified atom stereocenters. The van der Waals surface area contributed by atoms with Crippen molar-refractivity contribution in [2.75, 3.05) is 0 Å². The van der Waals surface area contributed by atoms with Crippen LogP contribution in [0, 0.1) is 6.92 Å². The van der Waals surface area contributed by atoms with Gasteiger partial charge in [0, 0.05) is 16.3 Å². The zero-order valence-electron chi connectivity index (χ0n) is 12.7. The summed E-state index contributed by atoms with van der Waals surface area (Å²) < 4.78 is 1.78. The molecule has 0 saturated carbocycles. The van der Waals surface area contributed by atoms with Gasteiger partial charge in [0.2, 0.25) is 0 Å². The quantitative estimate of drug-likeness (QED) is 0.677. The molecule has 0 atom stereocenters. The maximum Gasteiger partial charge on any atom is 0.164 e. The van der Waals surface area contributed by atoms with Gasteiger partial charge in [-0.15, -0.1) is 0 Å². The van der Waals surface area contributed by atoms with Gasteiger partial charge in [0.15, 0.2) is 11.9 Å². The van der Waals surface area contributed by atoms with Crippen molar-refractivity contribution in [3.05, 3.63) is 52.3 Å². The average molecular weight is 314 g/mol. The summed E-state index contributed by atoms with van der Waals surface area (Å²) in [6.45, 7) is 5.99. The summed E-state index contributed by atoms with van der Waals surface area (Å²) in [6.07, 6.45) is 0.872. The molecule has 112 valence electrons. The molecule has 0 saturated heterocycles. The molecule has 0 aliphatic carbocycles. The number of hydrogen-bond donors (Lipinski definition) is 0. The minimum atomic E-state index is 0.194. The molecule has 4 nitrogen and oxygen atoms in total. The van der Waals surface area contributed by atoms with E-state index in [0.717, 1.165) is 28.7 Å². The molecule has 22 heavy (non-hydrogen) atoms. The van der Waals surface area contributed by atoms with E-state index in [9.17, 15) is 4.79 Å². The van der Waals surface area contributed by atoms with Crippen LogP contribution >= 0.6 is 11.6 Å². The van der Waals surface area contributed by atoms with Crippen LogP contribution in [0.5, 0.6) is 0 Å². The van der Waals surface area contributed by atoms with Crippen LogP contribution < -0.4 is 0 Å². The highest BCUT2D eigenvalue weighted by molar-refractivity contribution is 6.30. The van der Waals surface area contributed by atoms with Crippen LogP contribution in [0.15, 0.2) is 30.3 Å². The standard InChI is InChI=1S/C17H16ClN3O/c1-10(2)16-15-12(9-22)8-11(3)19-17(15)21(20-16)14-6-4-13(18)5-7-14/h4-10H,1-3H3. The number of carbonyl (C=O) groups excluding carboxylic acids is 1. The first kappa shape index (κ1) is 14.7. The number of aldehydes is 1. The van der Waals surface area contributed by atoms with Crippen LogP contribution in [0.3, 0.4) is 0 Å². The average Bonchev–Trinajstić information content (AvgIpc) is 2.87. The molecule has 0 bridgehead atoms. The fourth-order valence-corrected chi connectivity index (χ4v) is 2.69. The van der Waals surface area contributed by atoms with Gasteiger partial charge in [-0.05, 0) is 43.2 Å². The molecule has 0 amide bonds. The number of aryl methyl sites for hydroxylation is 1. The lowest BCUT2D eigenvalue weighted by molar-refractivity contribution is 0.112. The summed E-state index contributed by atoms with van der Waals surface area (Å²) in [6, 6.07) is 9.22. The Labute approximate surface area is 133 Å². The first-order valence-corrected chi connectivity index (χ1v) is 7.50. The summed E-state index contributed by atoms with van der Waals surface area (Å²) in [5.41, 5.74) is 3.87. The third-order valence-corrected chi connectivity index (χ3v) is 3.82. The highest BCUT2D eigenvalue weighted by Gasteiger charge is 2.19. The number of aromatic nitrogens is 3. The van der Waals surface area contributed by atoms with Gasteiger partial charge in [-0.25, -0.2) is 9.67 Å². The van der Waals surface area contributed by atoms with E-state index >= 15 is 0 Å².